The van der Waals surface area contributed by atoms with Crippen molar-refractivity contribution in [3.8, 4) is 0 Å². The molecule has 2 aromatic rings. The van der Waals surface area contributed by atoms with Crippen molar-refractivity contribution in [2.75, 3.05) is 6.54 Å². The molecule has 0 unspecified atom stereocenters. The van der Waals surface area contributed by atoms with E-state index in [9.17, 15) is 4.79 Å². The van der Waals surface area contributed by atoms with Gasteiger partial charge in [0, 0.05) is 44.5 Å². The lowest BCUT2D eigenvalue weighted by Crippen LogP contribution is -2.26. The molecule has 0 saturated heterocycles. The molecule has 0 atom stereocenters. The Morgan fingerprint density at radius 2 is 2.32 bits per heavy atom. The lowest BCUT2D eigenvalue weighted by Gasteiger charge is -2.06. The molecule has 1 heterocycles. The molecule has 0 radical (unpaired) electrons. The number of nitrogens with zero attached hydrogens (tertiary/aromatic N) is 2. The van der Waals surface area contributed by atoms with Gasteiger partial charge < -0.3 is 15.6 Å². The number of nitrogens with one attached hydrogen (secondary N) is 1. The van der Waals surface area contributed by atoms with Gasteiger partial charge in [-0.1, -0.05) is 12.1 Å². The lowest BCUT2D eigenvalue weighted by molar-refractivity contribution is 0.0954. The number of carbonyl (C=O) groups is 1. The summed E-state index contributed by atoms with van der Waals surface area (Å²) in [6.07, 6.45) is 4.36. The maximum atomic E-state index is 11.9. The van der Waals surface area contributed by atoms with Gasteiger partial charge in [0.2, 0.25) is 0 Å². The van der Waals surface area contributed by atoms with E-state index < -0.39 is 0 Å². The summed E-state index contributed by atoms with van der Waals surface area (Å²) >= 11 is 0. The first-order valence-electron chi connectivity index (χ1n) is 6.24. The first-order valence-corrected chi connectivity index (χ1v) is 6.24. The van der Waals surface area contributed by atoms with E-state index in [1.807, 2.05) is 36.0 Å². The van der Waals surface area contributed by atoms with Gasteiger partial charge in [-0.25, -0.2) is 4.98 Å². The number of amides is 1. The number of hydrogen-bond acceptors (Lipinski definition) is 3. The van der Waals surface area contributed by atoms with E-state index in [0.29, 0.717) is 25.1 Å². The highest BCUT2D eigenvalue weighted by Crippen LogP contribution is 2.04. The summed E-state index contributed by atoms with van der Waals surface area (Å²) in [5.74, 6) is 0.875. The maximum absolute atomic E-state index is 11.9. The van der Waals surface area contributed by atoms with Crippen LogP contribution in [0.15, 0.2) is 36.7 Å². The van der Waals surface area contributed by atoms with E-state index in [1.54, 1.807) is 12.3 Å². The molecule has 5 nitrogen and oxygen atoms in total. The zero-order valence-electron chi connectivity index (χ0n) is 11.0. The van der Waals surface area contributed by atoms with Crippen LogP contribution in [-0.4, -0.2) is 22.0 Å². The number of aromatic nitrogens is 2. The zero-order valence-corrected chi connectivity index (χ0v) is 11.0. The van der Waals surface area contributed by atoms with Crippen LogP contribution in [0.1, 0.15) is 21.7 Å². The van der Waals surface area contributed by atoms with Crippen LogP contribution in [0.25, 0.3) is 0 Å². The molecule has 2 rings (SSSR count). The number of rotatable bonds is 5. The molecule has 0 bridgehead atoms. The fraction of sp³-hybridized carbons (Fsp3) is 0.286. The van der Waals surface area contributed by atoms with Crippen molar-refractivity contribution in [3.63, 3.8) is 0 Å². The van der Waals surface area contributed by atoms with Gasteiger partial charge in [-0.2, -0.15) is 0 Å². The summed E-state index contributed by atoms with van der Waals surface area (Å²) in [7, 11) is 1.94. The van der Waals surface area contributed by atoms with Gasteiger partial charge in [-0.3, -0.25) is 4.79 Å². The Morgan fingerprint density at radius 1 is 1.47 bits per heavy atom. The largest absolute Gasteiger partial charge is 0.352 e. The Kier molecular flexibility index (Phi) is 4.30. The fourth-order valence-electron chi connectivity index (χ4n) is 1.87. The second-order valence-electron chi connectivity index (χ2n) is 4.36. The van der Waals surface area contributed by atoms with Crippen molar-refractivity contribution in [3.05, 3.63) is 53.6 Å². The van der Waals surface area contributed by atoms with E-state index in [-0.39, 0.29) is 5.91 Å². The molecule has 1 aromatic heterocycles. The van der Waals surface area contributed by atoms with E-state index in [0.717, 1.165) is 11.4 Å². The normalized spacial score (nSPS) is 10.4. The fourth-order valence-corrected chi connectivity index (χ4v) is 1.87. The first-order chi connectivity index (χ1) is 9.20. The second kappa shape index (κ2) is 6.15. The second-order valence-corrected chi connectivity index (χ2v) is 4.36. The van der Waals surface area contributed by atoms with Gasteiger partial charge in [-0.15, -0.1) is 0 Å². The van der Waals surface area contributed by atoms with Crippen LogP contribution in [0.4, 0.5) is 0 Å². The van der Waals surface area contributed by atoms with E-state index in [4.69, 9.17) is 5.73 Å². The molecule has 1 aromatic carbocycles. The summed E-state index contributed by atoms with van der Waals surface area (Å²) in [5, 5.41) is 2.88. The average Bonchev–Trinajstić information content (AvgIpc) is 2.84. The van der Waals surface area contributed by atoms with Crippen LogP contribution in [0.5, 0.6) is 0 Å². The third-order valence-corrected chi connectivity index (χ3v) is 2.98. The Morgan fingerprint density at radius 3 is 3.00 bits per heavy atom. The maximum Gasteiger partial charge on any atom is 0.251 e. The molecule has 1 amide bonds. The predicted molar refractivity (Wildman–Crippen MR) is 73.6 cm³/mol. The van der Waals surface area contributed by atoms with E-state index in [1.165, 1.54) is 0 Å². The SMILES string of the molecule is Cn1ccnc1CCNC(=O)c1cccc(CN)c1. The van der Waals surface area contributed by atoms with E-state index >= 15 is 0 Å². The summed E-state index contributed by atoms with van der Waals surface area (Å²) in [6, 6.07) is 7.35. The molecule has 19 heavy (non-hydrogen) atoms. The van der Waals surface area contributed by atoms with Gasteiger partial charge in [0.05, 0.1) is 0 Å². The van der Waals surface area contributed by atoms with Gasteiger partial charge in [0.25, 0.3) is 5.91 Å². The summed E-state index contributed by atoms with van der Waals surface area (Å²) in [6.45, 7) is 1.00. The van der Waals surface area contributed by atoms with Crippen LogP contribution in [-0.2, 0) is 20.0 Å². The lowest BCUT2D eigenvalue weighted by atomic mass is 10.1. The van der Waals surface area contributed by atoms with Crippen LogP contribution in [0.3, 0.4) is 0 Å². The molecular weight excluding hydrogens is 240 g/mol. The van der Waals surface area contributed by atoms with Crippen LogP contribution in [0, 0.1) is 0 Å². The first kappa shape index (κ1) is 13.3. The minimum Gasteiger partial charge on any atom is -0.352 e. The van der Waals surface area contributed by atoms with Crippen LogP contribution in [0.2, 0.25) is 0 Å². The van der Waals surface area contributed by atoms with Gasteiger partial charge in [0.15, 0.2) is 0 Å². The monoisotopic (exact) mass is 258 g/mol. The zero-order chi connectivity index (χ0) is 13.7. The number of benzene rings is 1. The number of imidazole rings is 1. The number of aryl methyl sites for hydroxylation is 1. The molecule has 0 aliphatic carbocycles. The molecular formula is C14H18N4O. The van der Waals surface area contributed by atoms with Crippen molar-refractivity contribution >= 4 is 5.91 Å². The number of hydrogen-bond donors (Lipinski definition) is 2. The molecule has 5 heteroatoms. The standard InChI is InChI=1S/C14H18N4O/c1-18-8-7-16-13(18)5-6-17-14(19)12-4-2-3-11(9-12)10-15/h2-4,7-9H,5-6,10,15H2,1H3,(H,17,19). The average molecular weight is 258 g/mol. The van der Waals surface area contributed by atoms with Crippen molar-refractivity contribution in [2.24, 2.45) is 12.8 Å². The van der Waals surface area contributed by atoms with Crippen LogP contribution < -0.4 is 11.1 Å². The third kappa shape index (κ3) is 3.42. The number of nitrogens with two attached hydrogens (primary N) is 1. The molecule has 0 aliphatic rings. The van der Waals surface area contributed by atoms with Crippen molar-refractivity contribution in [2.45, 2.75) is 13.0 Å². The number of carbonyl (C=O) groups excluding carboxylic acids is 1. The summed E-state index contributed by atoms with van der Waals surface area (Å²) in [5.41, 5.74) is 7.15. The third-order valence-electron chi connectivity index (χ3n) is 2.98. The van der Waals surface area contributed by atoms with Crippen molar-refractivity contribution in [1.82, 2.24) is 14.9 Å². The van der Waals surface area contributed by atoms with Gasteiger partial charge in [0.1, 0.15) is 5.82 Å². The Hall–Kier alpha value is -2.14. The Balaban J connectivity index is 1.89. The minimum absolute atomic E-state index is 0.0792. The smallest absolute Gasteiger partial charge is 0.251 e. The minimum atomic E-state index is -0.0792. The predicted octanol–water partition coefficient (Wildman–Crippen LogP) is 0.851. The molecule has 3 N–H and O–H groups in total. The quantitative estimate of drug-likeness (QED) is 0.835. The highest BCUT2D eigenvalue weighted by molar-refractivity contribution is 5.94. The molecule has 0 aliphatic heterocycles. The molecule has 0 spiro atoms. The Labute approximate surface area is 112 Å². The van der Waals surface area contributed by atoms with Gasteiger partial charge >= 0.3 is 0 Å². The summed E-state index contributed by atoms with van der Waals surface area (Å²) < 4.78 is 1.95. The van der Waals surface area contributed by atoms with E-state index in [2.05, 4.69) is 10.3 Å². The van der Waals surface area contributed by atoms with Crippen LogP contribution >= 0.6 is 0 Å². The Bertz CT molecular complexity index is 562. The van der Waals surface area contributed by atoms with Gasteiger partial charge in [-0.05, 0) is 17.7 Å². The molecule has 100 valence electrons. The highest BCUT2D eigenvalue weighted by Gasteiger charge is 2.06. The topological polar surface area (TPSA) is 72.9 Å². The highest BCUT2D eigenvalue weighted by atomic mass is 16.1. The van der Waals surface area contributed by atoms with Crippen molar-refractivity contribution < 1.29 is 4.79 Å². The summed E-state index contributed by atoms with van der Waals surface area (Å²) in [4.78, 5) is 16.2. The molecule has 0 saturated carbocycles. The van der Waals surface area contributed by atoms with Crippen molar-refractivity contribution in [1.29, 1.82) is 0 Å². The molecule has 0 fully saturated rings.